The number of amides is 1. The van der Waals surface area contributed by atoms with E-state index in [-0.39, 0.29) is 24.8 Å². The zero-order valence-electron chi connectivity index (χ0n) is 16.3. The molecule has 0 aliphatic carbocycles. The number of nitrogens with one attached hydrogen (secondary N) is 1. The van der Waals surface area contributed by atoms with Crippen LogP contribution >= 0.6 is 0 Å². The summed E-state index contributed by atoms with van der Waals surface area (Å²) in [6.07, 6.45) is 0.219. The number of benzene rings is 1. The SMILES string of the molecule is Cc1ccc(S(=O)(=O)N(CCC(=O)N2CCNCC2)CC(C)C)cc1C. The average Bonchev–Trinajstić information content (AvgIpc) is 2.60. The Morgan fingerprint density at radius 2 is 1.85 bits per heavy atom. The van der Waals surface area contributed by atoms with Crippen molar-refractivity contribution < 1.29 is 13.2 Å². The van der Waals surface area contributed by atoms with E-state index in [2.05, 4.69) is 5.32 Å². The lowest BCUT2D eigenvalue weighted by Gasteiger charge is -2.29. The lowest BCUT2D eigenvalue weighted by atomic mass is 10.1. The summed E-state index contributed by atoms with van der Waals surface area (Å²) in [5.41, 5.74) is 2.01. The first-order chi connectivity index (χ1) is 12.2. The maximum atomic E-state index is 13.1. The van der Waals surface area contributed by atoms with Crippen molar-refractivity contribution in [3.8, 4) is 0 Å². The van der Waals surface area contributed by atoms with Crippen molar-refractivity contribution >= 4 is 15.9 Å². The minimum Gasteiger partial charge on any atom is -0.340 e. The normalized spacial score (nSPS) is 15.7. The summed E-state index contributed by atoms with van der Waals surface area (Å²) in [6, 6.07) is 5.21. The molecule has 1 aliphatic heterocycles. The van der Waals surface area contributed by atoms with Crippen molar-refractivity contribution in [1.29, 1.82) is 0 Å². The molecule has 26 heavy (non-hydrogen) atoms. The number of carbonyl (C=O) groups excluding carboxylic acids is 1. The van der Waals surface area contributed by atoms with Crippen LogP contribution in [0.5, 0.6) is 0 Å². The van der Waals surface area contributed by atoms with Gasteiger partial charge >= 0.3 is 0 Å². The van der Waals surface area contributed by atoms with E-state index in [1.54, 1.807) is 12.1 Å². The van der Waals surface area contributed by atoms with E-state index in [0.717, 1.165) is 24.2 Å². The molecule has 6 nitrogen and oxygen atoms in total. The fraction of sp³-hybridized carbons (Fsp3) is 0.632. The predicted octanol–water partition coefficient (Wildman–Crippen LogP) is 1.77. The Bertz CT molecular complexity index is 726. The van der Waals surface area contributed by atoms with E-state index in [1.807, 2.05) is 38.7 Å². The van der Waals surface area contributed by atoms with Gasteiger partial charge in [0, 0.05) is 45.7 Å². The van der Waals surface area contributed by atoms with Crippen LogP contribution in [0.1, 0.15) is 31.4 Å². The molecular weight excluding hydrogens is 350 g/mol. The molecule has 0 saturated carbocycles. The van der Waals surface area contributed by atoms with E-state index >= 15 is 0 Å². The van der Waals surface area contributed by atoms with Crippen LogP contribution in [0.2, 0.25) is 0 Å². The van der Waals surface area contributed by atoms with Gasteiger partial charge in [0.15, 0.2) is 0 Å². The van der Waals surface area contributed by atoms with Crippen LogP contribution in [0, 0.1) is 19.8 Å². The van der Waals surface area contributed by atoms with Crippen LogP contribution < -0.4 is 5.32 Å². The third kappa shape index (κ3) is 5.28. The summed E-state index contributed by atoms with van der Waals surface area (Å²) in [5.74, 6) is 0.209. The molecule has 7 heteroatoms. The molecule has 1 fully saturated rings. The van der Waals surface area contributed by atoms with Gasteiger partial charge in [-0.1, -0.05) is 19.9 Å². The second-order valence-electron chi connectivity index (χ2n) is 7.38. The third-order valence-electron chi connectivity index (χ3n) is 4.73. The summed E-state index contributed by atoms with van der Waals surface area (Å²) < 4.78 is 27.7. The number of carbonyl (C=O) groups is 1. The van der Waals surface area contributed by atoms with Gasteiger partial charge < -0.3 is 10.2 Å². The lowest BCUT2D eigenvalue weighted by molar-refractivity contribution is -0.131. The average molecular weight is 382 g/mol. The zero-order chi connectivity index (χ0) is 19.3. The molecule has 2 rings (SSSR count). The number of sulfonamides is 1. The first-order valence-electron chi connectivity index (χ1n) is 9.27. The topological polar surface area (TPSA) is 69.7 Å². The molecule has 0 bridgehead atoms. The highest BCUT2D eigenvalue weighted by atomic mass is 32.2. The van der Waals surface area contributed by atoms with E-state index in [0.29, 0.717) is 24.5 Å². The van der Waals surface area contributed by atoms with E-state index in [9.17, 15) is 13.2 Å². The Hall–Kier alpha value is -1.44. The minimum atomic E-state index is -3.61. The van der Waals surface area contributed by atoms with Crippen LogP contribution in [0.3, 0.4) is 0 Å². The fourth-order valence-electron chi connectivity index (χ4n) is 3.03. The Morgan fingerprint density at radius 1 is 1.19 bits per heavy atom. The summed E-state index contributed by atoms with van der Waals surface area (Å²) in [7, 11) is -3.61. The summed E-state index contributed by atoms with van der Waals surface area (Å²) in [6.45, 7) is 11.4. The second kappa shape index (κ2) is 8.97. The van der Waals surface area contributed by atoms with E-state index in [1.165, 1.54) is 4.31 Å². The molecule has 0 radical (unpaired) electrons. The van der Waals surface area contributed by atoms with Crippen molar-refractivity contribution in [2.24, 2.45) is 5.92 Å². The Morgan fingerprint density at radius 3 is 2.42 bits per heavy atom. The van der Waals surface area contributed by atoms with E-state index in [4.69, 9.17) is 0 Å². The molecule has 1 heterocycles. The summed E-state index contributed by atoms with van der Waals surface area (Å²) in [4.78, 5) is 14.5. The van der Waals surface area contributed by atoms with Crippen molar-refractivity contribution in [3.63, 3.8) is 0 Å². The number of hydrogen-bond acceptors (Lipinski definition) is 4. The van der Waals surface area contributed by atoms with E-state index < -0.39 is 10.0 Å². The number of aryl methyl sites for hydroxylation is 2. The zero-order valence-corrected chi connectivity index (χ0v) is 17.1. The maximum Gasteiger partial charge on any atom is 0.243 e. The highest BCUT2D eigenvalue weighted by molar-refractivity contribution is 7.89. The molecule has 146 valence electrons. The van der Waals surface area contributed by atoms with Crippen LogP contribution in [0.4, 0.5) is 0 Å². The van der Waals surface area contributed by atoms with Crippen molar-refractivity contribution in [1.82, 2.24) is 14.5 Å². The monoisotopic (exact) mass is 381 g/mol. The molecule has 1 aromatic rings. The van der Waals surface area contributed by atoms with Crippen LogP contribution in [-0.2, 0) is 14.8 Å². The maximum absolute atomic E-state index is 13.1. The molecular formula is C19H31N3O3S. The molecule has 0 aromatic heterocycles. The van der Waals surface area contributed by atoms with Gasteiger partial charge in [0.2, 0.25) is 15.9 Å². The van der Waals surface area contributed by atoms with Crippen LogP contribution in [0.15, 0.2) is 23.1 Å². The molecule has 0 unspecified atom stereocenters. The standard InChI is InChI=1S/C19H31N3O3S/c1-15(2)14-22(10-7-19(23)21-11-8-20-9-12-21)26(24,25)18-6-5-16(3)17(4)13-18/h5-6,13,15,20H,7-12,14H2,1-4H3. The van der Waals surface area contributed by atoms with Gasteiger partial charge in [0.05, 0.1) is 4.90 Å². The molecule has 1 N–H and O–H groups in total. The van der Waals surface area contributed by atoms with Gasteiger partial charge in [0.1, 0.15) is 0 Å². The first-order valence-corrected chi connectivity index (χ1v) is 10.7. The highest BCUT2D eigenvalue weighted by Crippen LogP contribution is 2.20. The molecule has 0 spiro atoms. The van der Waals surface area contributed by atoms with Gasteiger partial charge in [-0.05, 0) is 43.0 Å². The molecule has 1 amide bonds. The summed E-state index contributed by atoms with van der Waals surface area (Å²) in [5, 5.41) is 3.22. The molecule has 1 aromatic carbocycles. The predicted molar refractivity (Wildman–Crippen MR) is 104 cm³/mol. The van der Waals surface area contributed by atoms with Crippen molar-refractivity contribution in [2.75, 3.05) is 39.3 Å². The lowest BCUT2D eigenvalue weighted by Crippen LogP contribution is -2.47. The van der Waals surface area contributed by atoms with Gasteiger partial charge in [0.25, 0.3) is 0 Å². The molecule has 0 atom stereocenters. The fourth-order valence-corrected chi connectivity index (χ4v) is 4.72. The van der Waals surface area contributed by atoms with Gasteiger partial charge in [-0.25, -0.2) is 8.42 Å². The van der Waals surface area contributed by atoms with Gasteiger partial charge in [-0.2, -0.15) is 4.31 Å². The van der Waals surface area contributed by atoms with Gasteiger partial charge in [-0.15, -0.1) is 0 Å². The Balaban J connectivity index is 2.14. The Kier molecular flexibility index (Phi) is 7.20. The second-order valence-corrected chi connectivity index (χ2v) is 9.32. The van der Waals surface area contributed by atoms with Crippen molar-refractivity contribution in [2.45, 2.75) is 39.0 Å². The highest BCUT2D eigenvalue weighted by Gasteiger charge is 2.27. The number of hydrogen-bond donors (Lipinski definition) is 1. The van der Waals surface area contributed by atoms with Crippen molar-refractivity contribution in [3.05, 3.63) is 29.3 Å². The number of rotatable bonds is 7. The Labute approximate surface area is 157 Å². The number of nitrogens with zero attached hydrogens (tertiary/aromatic N) is 2. The summed E-state index contributed by atoms with van der Waals surface area (Å²) >= 11 is 0. The largest absolute Gasteiger partial charge is 0.340 e. The first kappa shape index (κ1) is 20.9. The minimum absolute atomic E-state index is 0.0237. The smallest absolute Gasteiger partial charge is 0.243 e. The third-order valence-corrected chi connectivity index (χ3v) is 6.59. The molecule has 1 saturated heterocycles. The quantitative estimate of drug-likeness (QED) is 0.782. The van der Waals surface area contributed by atoms with Crippen LogP contribution in [-0.4, -0.2) is 62.8 Å². The molecule has 1 aliphatic rings. The van der Waals surface area contributed by atoms with Gasteiger partial charge in [-0.3, -0.25) is 4.79 Å². The van der Waals surface area contributed by atoms with Crippen LogP contribution in [0.25, 0.3) is 0 Å². The number of piperazine rings is 1.